The summed E-state index contributed by atoms with van der Waals surface area (Å²) in [6.45, 7) is 8.80. The number of carbonyl (C=O) groups is 1. The van der Waals surface area contributed by atoms with Crippen LogP contribution in [0.4, 0.5) is 4.79 Å². The van der Waals surface area contributed by atoms with E-state index >= 15 is 0 Å². The van der Waals surface area contributed by atoms with Gasteiger partial charge in [-0.25, -0.2) is 4.79 Å². The molecule has 2 N–H and O–H groups in total. The molecule has 18 heavy (non-hydrogen) atoms. The molecule has 0 aliphatic heterocycles. The van der Waals surface area contributed by atoms with E-state index in [1.807, 2.05) is 0 Å². The lowest BCUT2D eigenvalue weighted by Gasteiger charge is -2.21. The molecule has 108 valence electrons. The standard InChI is InChI=1S/C11H23NO5S/c1-8(6-9(2)18(14,15)16)7-12-10(13)17-11(3,4)5/h8-9H,6-7H2,1-5H3,(H,12,13)(H,14,15,16)/t8-,9-/m1/s1. The summed E-state index contributed by atoms with van der Waals surface area (Å²) in [4.78, 5) is 11.3. The van der Waals surface area contributed by atoms with Gasteiger partial charge in [0.05, 0.1) is 5.25 Å². The predicted octanol–water partition coefficient (Wildman–Crippen LogP) is 1.81. The van der Waals surface area contributed by atoms with Gasteiger partial charge < -0.3 is 10.1 Å². The third-order valence-electron chi connectivity index (χ3n) is 2.24. The lowest BCUT2D eigenvalue weighted by atomic mass is 10.1. The molecule has 0 spiro atoms. The number of alkyl carbamates (subject to hydrolysis) is 1. The van der Waals surface area contributed by atoms with Crippen LogP contribution in [0.15, 0.2) is 0 Å². The zero-order valence-corrected chi connectivity index (χ0v) is 12.4. The molecule has 0 heterocycles. The fourth-order valence-electron chi connectivity index (χ4n) is 1.34. The Balaban J connectivity index is 4.05. The molecule has 1 amide bonds. The molecule has 0 saturated carbocycles. The van der Waals surface area contributed by atoms with Crippen LogP contribution < -0.4 is 5.32 Å². The smallest absolute Gasteiger partial charge is 0.407 e. The van der Waals surface area contributed by atoms with Gasteiger partial charge in [0.15, 0.2) is 0 Å². The molecule has 0 aromatic heterocycles. The summed E-state index contributed by atoms with van der Waals surface area (Å²) in [6.07, 6.45) is -0.261. The maximum Gasteiger partial charge on any atom is 0.407 e. The van der Waals surface area contributed by atoms with Crippen molar-refractivity contribution in [1.82, 2.24) is 5.32 Å². The Morgan fingerprint density at radius 3 is 2.22 bits per heavy atom. The van der Waals surface area contributed by atoms with Gasteiger partial charge in [0.25, 0.3) is 10.1 Å². The van der Waals surface area contributed by atoms with Crippen LogP contribution in [0.5, 0.6) is 0 Å². The van der Waals surface area contributed by atoms with Crippen molar-refractivity contribution >= 4 is 16.2 Å². The Bertz CT molecular complexity index is 371. The molecule has 2 atom stereocenters. The molecule has 7 heteroatoms. The minimum absolute atomic E-state index is 0.0746. The monoisotopic (exact) mass is 281 g/mol. The maximum atomic E-state index is 11.3. The highest BCUT2D eigenvalue weighted by Crippen LogP contribution is 2.12. The second-order valence-electron chi connectivity index (χ2n) is 5.55. The molecule has 0 bridgehead atoms. The average molecular weight is 281 g/mol. The Kier molecular flexibility index (Phi) is 6.09. The molecule has 0 aromatic carbocycles. The number of nitrogens with one attached hydrogen (secondary N) is 1. The van der Waals surface area contributed by atoms with E-state index in [-0.39, 0.29) is 12.3 Å². The predicted molar refractivity (Wildman–Crippen MR) is 69.0 cm³/mol. The van der Waals surface area contributed by atoms with Gasteiger partial charge in [0, 0.05) is 6.54 Å². The Labute approximate surface area is 109 Å². The van der Waals surface area contributed by atoms with Crippen molar-refractivity contribution in [2.75, 3.05) is 6.54 Å². The SMILES string of the molecule is C[C@@H](CNC(=O)OC(C)(C)C)C[C@@H](C)S(=O)(=O)O. The van der Waals surface area contributed by atoms with Crippen molar-refractivity contribution in [3.05, 3.63) is 0 Å². The molecular formula is C11H23NO5S. The van der Waals surface area contributed by atoms with Gasteiger partial charge >= 0.3 is 6.09 Å². The van der Waals surface area contributed by atoms with Gasteiger partial charge in [-0.15, -0.1) is 0 Å². The molecule has 0 saturated heterocycles. The largest absolute Gasteiger partial charge is 0.444 e. The van der Waals surface area contributed by atoms with Gasteiger partial charge in [-0.3, -0.25) is 4.55 Å². The van der Waals surface area contributed by atoms with Crippen LogP contribution >= 0.6 is 0 Å². The molecule has 0 rings (SSSR count). The topological polar surface area (TPSA) is 92.7 Å². The molecule has 0 aliphatic rings. The maximum absolute atomic E-state index is 11.3. The Morgan fingerprint density at radius 1 is 1.33 bits per heavy atom. The summed E-state index contributed by atoms with van der Waals surface area (Å²) >= 11 is 0. The molecule has 0 aromatic rings. The van der Waals surface area contributed by atoms with Gasteiger partial charge in [0.2, 0.25) is 0 Å². The first-order chi connectivity index (χ1) is 7.92. The molecule has 0 unspecified atom stereocenters. The Hall–Kier alpha value is -0.820. The van der Waals surface area contributed by atoms with Crippen LogP contribution in [0.2, 0.25) is 0 Å². The minimum atomic E-state index is -4.01. The summed E-state index contributed by atoms with van der Waals surface area (Å²) in [5.41, 5.74) is -0.560. The first-order valence-electron chi connectivity index (χ1n) is 5.85. The quantitative estimate of drug-likeness (QED) is 0.750. The summed E-state index contributed by atoms with van der Waals surface area (Å²) in [5.74, 6) is -0.0746. The summed E-state index contributed by atoms with van der Waals surface area (Å²) in [7, 11) is -4.01. The van der Waals surface area contributed by atoms with E-state index in [9.17, 15) is 13.2 Å². The van der Waals surface area contributed by atoms with Crippen molar-refractivity contribution in [3.63, 3.8) is 0 Å². The van der Waals surface area contributed by atoms with E-state index in [0.717, 1.165) is 0 Å². The highest BCUT2D eigenvalue weighted by atomic mass is 32.2. The van der Waals surface area contributed by atoms with Crippen molar-refractivity contribution < 1.29 is 22.5 Å². The number of ether oxygens (including phenoxy) is 1. The van der Waals surface area contributed by atoms with E-state index in [0.29, 0.717) is 6.54 Å². The zero-order chi connectivity index (χ0) is 14.6. The van der Waals surface area contributed by atoms with Crippen molar-refractivity contribution in [1.29, 1.82) is 0 Å². The molecule has 6 nitrogen and oxygen atoms in total. The number of carbonyl (C=O) groups excluding carboxylic acids is 1. The zero-order valence-electron chi connectivity index (χ0n) is 11.6. The van der Waals surface area contributed by atoms with Crippen LogP contribution in [-0.2, 0) is 14.9 Å². The first-order valence-corrected chi connectivity index (χ1v) is 7.35. The van der Waals surface area contributed by atoms with Crippen LogP contribution in [-0.4, -0.2) is 36.5 Å². The highest BCUT2D eigenvalue weighted by molar-refractivity contribution is 7.86. The van der Waals surface area contributed by atoms with Crippen molar-refractivity contribution in [3.8, 4) is 0 Å². The lowest BCUT2D eigenvalue weighted by molar-refractivity contribution is 0.0520. The Morgan fingerprint density at radius 2 is 1.83 bits per heavy atom. The fraction of sp³-hybridized carbons (Fsp3) is 0.909. The van der Waals surface area contributed by atoms with E-state index < -0.39 is 27.1 Å². The number of rotatable bonds is 5. The normalized spacial score (nSPS) is 15.9. The third kappa shape index (κ3) is 8.30. The molecular weight excluding hydrogens is 258 g/mol. The van der Waals surface area contributed by atoms with E-state index in [4.69, 9.17) is 9.29 Å². The number of hydrogen-bond donors (Lipinski definition) is 2. The minimum Gasteiger partial charge on any atom is -0.444 e. The number of amides is 1. The first kappa shape index (κ1) is 17.2. The van der Waals surface area contributed by atoms with Gasteiger partial charge in [-0.05, 0) is 40.0 Å². The second kappa shape index (κ2) is 6.38. The van der Waals surface area contributed by atoms with Crippen LogP contribution in [0.3, 0.4) is 0 Å². The molecule has 0 fully saturated rings. The average Bonchev–Trinajstić information content (AvgIpc) is 2.10. The molecule has 0 radical (unpaired) electrons. The van der Waals surface area contributed by atoms with E-state index in [2.05, 4.69) is 5.32 Å². The second-order valence-corrected chi connectivity index (χ2v) is 7.38. The van der Waals surface area contributed by atoms with Crippen LogP contribution in [0.1, 0.15) is 41.0 Å². The fourth-order valence-corrected chi connectivity index (χ4v) is 1.92. The van der Waals surface area contributed by atoms with Crippen molar-refractivity contribution in [2.24, 2.45) is 5.92 Å². The van der Waals surface area contributed by atoms with Gasteiger partial charge in [0.1, 0.15) is 5.60 Å². The summed E-state index contributed by atoms with van der Waals surface area (Å²) in [6, 6.07) is 0. The van der Waals surface area contributed by atoms with E-state index in [1.165, 1.54) is 6.92 Å². The molecule has 0 aliphatic carbocycles. The summed E-state index contributed by atoms with van der Waals surface area (Å²) < 4.78 is 35.5. The van der Waals surface area contributed by atoms with Gasteiger partial charge in [-0.1, -0.05) is 6.92 Å². The van der Waals surface area contributed by atoms with Crippen molar-refractivity contribution in [2.45, 2.75) is 51.9 Å². The lowest BCUT2D eigenvalue weighted by Crippen LogP contribution is -2.35. The van der Waals surface area contributed by atoms with E-state index in [1.54, 1.807) is 27.7 Å². The van der Waals surface area contributed by atoms with Gasteiger partial charge in [-0.2, -0.15) is 8.42 Å². The summed E-state index contributed by atoms with van der Waals surface area (Å²) in [5, 5.41) is 1.72. The highest BCUT2D eigenvalue weighted by Gasteiger charge is 2.21. The third-order valence-corrected chi connectivity index (χ3v) is 3.45. The van der Waals surface area contributed by atoms with Crippen LogP contribution in [0, 0.1) is 5.92 Å². The van der Waals surface area contributed by atoms with Crippen LogP contribution in [0.25, 0.3) is 0 Å². The number of hydrogen-bond acceptors (Lipinski definition) is 4.